The summed E-state index contributed by atoms with van der Waals surface area (Å²) in [7, 11) is -5.05. The maximum atomic E-state index is 14.1. The summed E-state index contributed by atoms with van der Waals surface area (Å²) in [6.07, 6.45) is -3.38. The first-order valence-electron chi connectivity index (χ1n) is 5.25. The fourth-order valence-electron chi connectivity index (χ4n) is 1.62. The molecular weight excluding hydrogens is 287 g/mol. The Morgan fingerprint density at radius 2 is 2.11 bits per heavy atom. The average molecular weight is 302 g/mol. The lowest BCUT2D eigenvalue weighted by Crippen LogP contribution is -2.52. The molecule has 0 aromatic rings. The van der Waals surface area contributed by atoms with E-state index in [4.69, 9.17) is 19.1 Å². The van der Waals surface area contributed by atoms with Gasteiger partial charge in [0.2, 0.25) is 5.67 Å². The lowest BCUT2D eigenvalue weighted by Gasteiger charge is -2.29. The number of halogens is 1. The summed E-state index contributed by atoms with van der Waals surface area (Å²) in [4.78, 5) is 10.8. The van der Waals surface area contributed by atoms with Gasteiger partial charge in [0.05, 0.1) is 6.61 Å². The molecule has 1 rings (SSSR count). The lowest BCUT2D eigenvalue weighted by atomic mass is 9.97. The number of alkyl halides is 1. The maximum absolute atomic E-state index is 14.1. The highest BCUT2D eigenvalue weighted by atomic mass is 32.3. The van der Waals surface area contributed by atoms with Crippen LogP contribution in [0, 0.1) is 0 Å². The number of hydrogen-bond donors (Lipinski definition) is 2. The van der Waals surface area contributed by atoms with E-state index in [1.54, 1.807) is 0 Å². The van der Waals surface area contributed by atoms with Gasteiger partial charge in [-0.05, 0) is 20.8 Å². The predicted octanol–water partition coefficient (Wildman–Crippen LogP) is 0.139. The molecule has 1 unspecified atom stereocenters. The second-order valence-electron chi connectivity index (χ2n) is 4.69. The van der Waals surface area contributed by atoms with Gasteiger partial charge in [-0.25, -0.2) is 13.4 Å². The molecule has 2 N–H and O–H groups in total. The van der Waals surface area contributed by atoms with Gasteiger partial charge in [-0.1, -0.05) is 0 Å². The zero-order chi connectivity index (χ0) is 15.1. The summed E-state index contributed by atoms with van der Waals surface area (Å²) in [5.41, 5.74) is -3.09. The van der Waals surface area contributed by atoms with Crippen molar-refractivity contribution in [2.75, 3.05) is 6.61 Å². The van der Waals surface area contributed by atoms with Gasteiger partial charge in [0, 0.05) is 0 Å². The van der Waals surface area contributed by atoms with Crippen molar-refractivity contribution in [1.29, 1.82) is 0 Å². The van der Waals surface area contributed by atoms with Gasteiger partial charge in [0.25, 0.3) is 0 Å². The van der Waals surface area contributed by atoms with Crippen LogP contribution < -0.4 is 0 Å². The Morgan fingerprint density at radius 1 is 1.58 bits per heavy atom. The summed E-state index contributed by atoms with van der Waals surface area (Å²) >= 11 is 0. The Hall–Kier alpha value is -0.810. The third kappa shape index (κ3) is 4.08. The van der Waals surface area contributed by atoms with Gasteiger partial charge in [-0.15, -0.1) is 0 Å². The first-order chi connectivity index (χ1) is 8.35. The largest absolute Gasteiger partial charge is 0.479 e. The summed E-state index contributed by atoms with van der Waals surface area (Å²) in [5, 5.41) is 8.77. The van der Waals surface area contributed by atoms with Crippen LogP contribution in [-0.2, 0) is 28.9 Å². The highest BCUT2D eigenvalue weighted by Gasteiger charge is 2.53. The molecule has 0 saturated carbocycles. The monoisotopic (exact) mass is 302 g/mol. The van der Waals surface area contributed by atoms with Crippen molar-refractivity contribution in [1.82, 2.24) is 0 Å². The quantitative estimate of drug-likeness (QED) is 0.688. The Balaban J connectivity index is 3.04. The number of carbonyl (C=O) groups is 1. The molecular formula is C9H15FO8S. The van der Waals surface area contributed by atoms with E-state index < -0.39 is 40.0 Å². The number of rotatable bonds is 5. The Morgan fingerprint density at radius 3 is 2.42 bits per heavy atom. The van der Waals surface area contributed by atoms with Crippen molar-refractivity contribution in [3.05, 3.63) is 0 Å². The maximum Gasteiger partial charge on any atom is 0.397 e. The van der Waals surface area contributed by atoms with E-state index in [9.17, 15) is 17.6 Å². The van der Waals surface area contributed by atoms with Crippen LogP contribution >= 0.6 is 0 Å². The Kier molecular flexibility index (Phi) is 4.23. The van der Waals surface area contributed by atoms with Crippen LogP contribution in [0.4, 0.5) is 4.39 Å². The molecule has 1 heterocycles. The normalized spacial score (nSPS) is 27.7. The number of carboxylic acids is 1. The van der Waals surface area contributed by atoms with Crippen molar-refractivity contribution in [2.45, 2.75) is 44.4 Å². The smallest absolute Gasteiger partial charge is 0.397 e. The van der Waals surface area contributed by atoms with Gasteiger partial charge >= 0.3 is 16.4 Å². The van der Waals surface area contributed by atoms with Crippen LogP contribution in [0.25, 0.3) is 0 Å². The van der Waals surface area contributed by atoms with Crippen LogP contribution in [0.1, 0.15) is 20.8 Å². The highest BCUT2D eigenvalue weighted by molar-refractivity contribution is 7.80. The molecule has 8 nitrogen and oxygen atoms in total. The van der Waals surface area contributed by atoms with Crippen molar-refractivity contribution in [3.8, 4) is 0 Å². The minimum absolute atomic E-state index is 0.278. The number of hydrogen-bond acceptors (Lipinski definition) is 6. The first-order valence-corrected chi connectivity index (χ1v) is 6.61. The second-order valence-corrected chi connectivity index (χ2v) is 5.74. The van der Waals surface area contributed by atoms with E-state index in [1.807, 2.05) is 0 Å². The molecule has 1 saturated heterocycles. The van der Waals surface area contributed by atoms with Gasteiger partial charge in [-0.2, -0.15) is 8.42 Å². The Labute approximate surface area is 109 Å². The SMILES string of the molecule is CC1(C)OCC([C@@H](OS(=O)(=O)O)[C@@](C)(F)C(=O)O)O1. The van der Waals surface area contributed by atoms with Crippen molar-refractivity contribution in [3.63, 3.8) is 0 Å². The molecule has 1 aliphatic heterocycles. The fourth-order valence-corrected chi connectivity index (χ4v) is 2.19. The third-order valence-electron chi connectivity index (χ3n) is 2.55. The number of ether oxygens (including phenoxy) is 2. The molecule has 0 aliphatic carbocycles. The summed E-state index contributed by atoms with van der Waals surface area (Å²) in [6, 6.07) is 0. The summed E-state index contributed by atoms with van der Waals surface area (Å²) in [6.45, 7) is 3.29. The molecule has 1 aliphatic rings. The molecule has 0 bridgehead atoms. The van der Waals surface area contributed by atoms with E-state index >= 15 is 0 Å². The molecule has 19 heavy (non-hydrogen) atoms. The molecule has 0 amide bonds. The summed E-state index contributed by atoms with van der Waals surface area (Å²) in [5.74, 6) is -3.09. The Bertz CT molecular complexity index is 457. The van der Waals surface area contributed by atoms with Crippen LogP contribution in [0.15, 0.2) is 0 Å². The number of carboxylic acid groups (broad SMARTS) is 1. The minimum atomic E-state index is -5.05. The van der Waals surface area contributed by atoms with Gasteiger partial charge in [-0.3, -0.25) is 4.55 Å². The van der Waals surface area contributed by atoms with Crippen molar-refractivity contribution < 1.29 is 40.9 Å². The van der Waals surface area contributed by atoms with E-state index in [-0.39, 0.29) is 6.61 Å². The van der Waals surface area contributed by atoms with E-state index in [2.05, 4.69) is 4.18 Å². The molecule has 3 atom stereocenters. The second kappa shape index (κ2) is 4.94. The topological polar surface area (TPSA) is 119 Å². The molecule has 0 spiro atoms. The van der Waals surface area contributed by atoms with Gasteiger partial charge < -0.3 is 14.6 Å². The van der Waals surface area contributed by atoms with Crippen molar-refractivity contribution >= 4 is 16.4 Å². The molecule has 1 fully saturated rings. The van der Waals surface area contributed by atoms with Crippen molar-refractivity contribution in [2.24, 2.45) is 0 Å². The van der Waals surface area contributed by atoms with Gasteiger partial charge in [0.1, 0.15) is 6.10 Å². The zero-order valence-electron chi connectivity index (χ0n) is 10.5. The van der Waals surface area contributed by atoms with Crippen LogP contribution in [0.2, 0.25) is 0 Å². The average Bonchev–Trinajstić information content (AvgIpc) is 2.53. The molecule has 0 aromatic carbocycles. The molecule has 10 heteroatoms. The van der Waals surface area contributed by atoms with E-state index in [0.717, 1.165) is 0 Å². The fraction of sp³-hybridized carbons (Fsp3) is 0.889. The van der Waals surface area contributed by atoms with Crippen LogP contribution in [0.5, 0.6) is 0 Å². The van der Waals surface area contributed by atoms with E-state index in [0.29, 0.717) is 6.92 Å². The molecule has 0 aromatic heterocycles. The molecule has 112 valence electrons. The highest BCUT2D eigenvalue weighted by Crippen LogP contribution is 2.32. The standard InChI is InChI=1S/C9H15FO8S/c1-8(2)16-4-5(17-8)6(18-19(13,14)15)9(3,10)7(11)12/h5-6H,4H2,1-3H3,(H,11,12)(H,13,14,15)/t5?,6-,9-/m1/s1. The third-order valence-corrected chi connectivity index (χ3v) is 3.00. The number of aliphatic carboxylic acids is 1. The minimum Gasteiger partial charge on any atom is -0.479 e. The van der Waals surface area contributed by atoms with Crippen LogP contribution in [-0.4, -0.2) is 54.3 Å². The molecule has 0 radical (unpaired) electrons. The van der Waals surface area contributed by atoms with E-state index in [1.165, 1.54) is 13.8 Å². The van der Waals surface area contributed by atoms with Crippen LogP contribution in [0.3, 0.4) is 0 Å². The first kappa shape index (κ1) is 16.2. The predicted molar refractivity (Wildman–Crippen MR) is 58.5 cm³/mol. The van der Waals surface area contributed by atoms with Gasteiger partial charge in [0.15, 0.2) is 11.9 Å². The zero-order valence-corrected chi connectivity index (χ0v) is 11.3. The summed E-state index contributed by atoms with van der Waals surface area (Å²) < 4.78 is 58.5. The lowest BCUT2D eigenvalue weighted by molar-refractivity contribution is -0.176.